The molecule has 2 heteroatoms. The van der Waals surface area contributed by atoms with Gasteiger partial charge in [-0.1, -0.05) is 0 Å². The van der Waals surface area contributed by atoms with Gasteiger partial charge in [0.15, 0.2) is 0 Å². The quantitative estimate of drug-likeness (QED) is 0.497. The second-order valence-corrected chi connectivity index (χ2v) is 2.36. The Morgan fingerprint density at radius 2 is 2.50 bits per heavy atom. The predicted molar refractivity (Wildman–Crippen MR) is 40.0 cm³/mol. The van der Waals surface area contributed by atoms with Crippen molar-refractivity contribution < 1.29 is 0 Å². The van der Waals surface area contributed by atoms with Gasteiger partial charge in [0.05, 0.1) is 0 Å². The molecule has 0 atom stereocenters. The number of hydrogen-bond donors (Lipinski definition) is 2. The molecule has 1 radical (unpaired) electrons. The van der Waals surface area contributed by atoms with Gasteiger partial charge in [-0.2, -0.15) is 0 Å². The summed E-state index contributed by atoms with van der Waals surface area (Å²) in [6, 6.07) is 0. The number of dihydropyridines is 1. The number of rotatable bonds is 0. The van der Waals surface area contributed by atoms with Crippen LogP contribution in [0, 0.1) is 6.08 Å². The lowest BCUT2D eigenvalue weighted by molar-refractivity contribution is 0.772. The van der Waals surface area contributed by atoms with Crippen LogP contribution in [0.4, 0.5) is 0 Å². The van der Waals surface area contributed by atoms with Gasteiger partial charge < -0.3 is 10.6 Å². The van der Waals surface area contributed by atoms with Crippen LogP contribution in [-0.4, -0.2) is 13.1 Å². The van der Waals surface area contributed by atoms with Crippen LogP contribution in [0.5, 0.6) is 0 Å². The fraction of sp³-hybridized carbons (Fsp3) is 0.250. The number of hydrogen-bond acceptors (Lipinski definition) is 2. The van der Waals surface area contributed by atoms with Gasteiger partial charge in [0, 0.05) is 25.5 Å². The van der Waals surface area contributed by atoms with Crippen LogP contribution in [0.2, 0.25) is 0 Å². The summed E-state index contributed by atoms with van der Waals surface area (Å²) in [4.78, 5) is 0. The first kappa shape index (κ1) is 5.74. The van der Waals surface area contributed by atoms with E-state index in [9.17, 15) is 0 Å². The Kier molecular flexibility index (Phi) is 1.32. The van der Waals surface area contributed by atoms with Crippen LogP contribution >= 0.6 is 0 Å². The third kappa shape index (κ3) is 0.866. The fourth-order valence-corrected chi connectivity index (χ4v) is 1.14. The fourth-order valence-electron chi connectivity index (χ4n) is 1.14. The number of nitrogens with one attached hydrogen (secondary N) is 2. The van der Waals surface area contributed by atoms with Crippen LogP contribution in [0.3, 0.4) is 0 Å². The van der Waals surface area contributed by atoms with E-state index in [-0.39, 0.29) is 0 Å². The van der Waals surface area contributed by atoms with E-state index >= 15 is 0 Å². The maximum absolute atomic E-state index is 3.23. The van der Waals surface area contributed by atoms with Gasteiger partial charge in [-0.05, 0) is 23.3 Å². The van der Waals surface area contributed by atoms with Crippen LogP contribution in [0.25, 0.3) is 0 Å². The summed E-state index contributed by atoms with van der Waals surface area (Å²) in [5.41, 5.74) is 2.53. The number of fused-ring (bicyclic) bond motifs is 1. The monoisotopic (exact) mass is 133 g/mol. The second-order valence-electron chi connectivity index (χ2n) is 2.36. The van der Waals surface area contributed by atoms with Gasteiger partial charge in [0.25, 0.3) is 0 Å². The van der Waals surface area contributed by atoms with E-state index in [1.165, 1.54) is 11.1 Å². The van der Waals surface area contributed by atoms with E-state index in [1.807, 2.05) is 12.4 Å². The molecule has 2 nitrogen and oxygen atoms in total. The molecule has 2 aliphatic rings. The van der Waals surface area contributed by atoms with E-state index in [2.05, 4.69) is 22.8 Å². The van der Waals surface area contributed by atoms with Crippen LogP contribution in [0.1, 0.15) is 0 Å². The smallest absolute Gasteiger partial charge is 0.0229 e. The molecule has 0 saturated heterocycles. The highest BCUT2D eigenvalue weighted by Gasteiger charge is 2.08. The van der Waals surface area contributed by atoms with Gasteiger partial charge in [0.1, 0.15) is 0 Å². The van der Waals surface area contributed by atoms with Crippen molar-refractivity contribution in [1.29, 1.82) is 0 Å². The van der Waals surface area contributed by atoms with Crippen molar-refractivity contribution in [3.05, 3.63) is 35.7 Å². The first-order chi connectivity index (χ1) is 4.97. The average molecular weight is 133 g/mol. The lowest BCUT2D eigenvalue weighted by Gasteiger charge is -2.17. The molecule has 0 aromatic rings. The topological polar surface area (TPSA) is 24.1 Å². The highest BCUT2D eigenvalue weighted by Crippen LogP contribution is 2.14. The molecule has 51 valence electrons. The molecule has 0 aromatic heterocycles. The van der Waals surface area contributed by atoms with Gasteiger partial charge in [-0.15, -0.1) is 0 Å². The Morgan fingerprint density at radius 3 is 3.40 bits per heavy atom. The normalized spacial score (nSPS) is 22.4. The Bertz CT molecular complexity index is 223. The van der Waals surface area contributed by atoms with Crippen molar-refractivity contribution in [2.45, 2.75) is 0 Å². The molecular formula is C8H9N2. The molecule has 0 spiro atoms. The van der Waals surface area contributed by atoms with E-state index in [4.69, 9.17) is 0 Å². The minimum absolute atomic E-state index is 0.872. The summed E-state index contributed by atoms with van der Waals surface area (Å²) >= 11 is 0. The lowest BCUT2D eigenvalue weighted by Crippen LogP contribution is -2.25. The highest BCUT2D eigenvalue weighted by atomic mass is 14.9. The Hall–Kier alpha value is -1.02. The standard InChI is InChI=1S/C8H9N2/c1-3-9-5-8-6-10-4-2-7(1)8/h1,3,5,9-10H,4,6H2. The second kappa shape index (κ2) is 2.31. The Morgan fingerprint density at radius 1 is 1.50 bits per heavy atom. The molecule has 0 aromatic carbocycles. The molecule has 0 fully saturated rings. The third-order valence-electron chi connectivity index (χ3n) is 1.67. The van der Waals surface area contributed by atoms with E-state index in [0.29, 0.717) is 0 Å². The first-order valence-electron chi connectivity index (χ1n) is 3.40. The zero-order valence-corrected chi connectivity index (χ0v) is 5.65. The molecule has 10 heavy (non-hydrogen) atoms. The van der Waals surface area contributed by atoms with Crippen LogP contribution in [-0.2, 0) is 0 Å². The molecule has 2 N–H and O–H groups in total. The molecule has 0 amide bonds. The van der Waals surface area contributed by atoms with Gasteiger partial charge >= 0.3 is 0 Å². The number of allylic oxidation sites excluding steroid dienone is 1. The van der Waals surface area contributed by atoms with Crippen molar-refractivity contribution in [2.24, 2.45) is 0 Å². The Labute approximate surface area is 60.3 Å². The molecule has 0 aliphatic carbocycles. The first-order valence-corrected chi connectivity index (χ1v) is 3.40. The van der Waals surface area contributed by atoms with Gasteiger partial charge in [0.2, 0.25) is 0 Å². The zero-order valence-electron chi connectivity index (χ0n) is 5.65. The van der Waals surface area contributed by atoms with Crippen molar-refractivity contribution in [3.8, 4) is 0 Å². The van der Waals surface area contributed by atoms with Crippen LogP contribution < -0.4 is 10.6 Å². The minimum atomic E-state index is 0.872. The lowest BCUT2D eigenvalue weighted by atomic mass is 10.0. The molecule has 0 saturated carbocycles. The Balaban J connectivity index is 2.32. The summed E-state index contributed by atoms with van der Waals surface area (Å²) in [5.74, 6) is 0. The van der Waals surface area contributed by atoms with Gasteiger partial charge in [-0.3, -0.25) is 0 Å². The zero-order chi connectivity index (χ0) is 6.81. The summed E-state index contributed by atoms with van der Waals surface area (Å²) in [7, 11) is 0. The van der Waals surface area contributed by atoms with Gasteiger partial charge in [-0.25, -0.2) is 0 Å². The maximum Gasteiger partial charge on any atom is 0.0229 e. The van der Waals surface area contributed by atoms with Crippen LogP contribution in [0.15, 0.2) is 29.6 Å². The molecule has 0 bridgehead atoms. The summed E-state index contributed by atoms with van der Waals surface area (Å²) in [6.45, 7) is 1.83. The molecule has 2 aliphatic heterocycles. The molecular weight excluding hydrogens is 124 g/mol. The predicted octanol–water partition coefficient (Wildman–Crippen LogP) is 0.320. The van der Waals surface area contributed by atoms with Crippen molar-refractivity contribution in [1.82, 2.24) is 10.6 Å². The molecule has 2 rings (SSSR count). The largest absolute Gasteiger partial charge is 0.367 e. The van der Waals surface area contributed by atoms with E-state index in [0.717, 1.165) is 13.1 Å². The minimum Gasteiger partial charge on any atom is -0.367 e. The van der Waals surface area contributed by atoms with E-state index < -0.39 is 0 Å². The van der Waals surface area contributed by atoms with Crippen molar-refractivity contribution in [3.63, 3.8) is 0 Å². The molecule has 0 unspecified atom stereocenters. The van der Waals surface area contributed by atoms with Crippen molar-refractivity contribution in [2.75, 3.05) is 13.1 Å². The maximum atomic E-state index is 3.23. The third-order valence-corrected chi connectivity index (χ3v) is 1.67. The highest BCUT2D eigenvalue weighted by molar-refractivity contribution is 5.42. The molecule has 2 heterocycles. The average Bonchev–Trinajstić information content (AvgIpc) is 2.05. The van der Waals surface area contributed by atoms with E-state index in [1.54, 1.807) is 0 Å². The SMILES string of the molecule is [C]1=C2C=CNC=C2CNC1. The summed E-state index contributed by atoms with van der Waals surface area (Å²) < 4.78 is 0. The summed E-state index contributed by atoms with van der Waals surface area (Å²) in [6.07, 6.45) is 9.22. The van der Waals surface area contributed by atoms with Crippen molar-refractivity contribution >= 4 is 0 Å². The summed E-state index contributed by atoms with van der Waals surface area (Å²) in [5, 5.41) is 6.25.